The van der Waals surface area contributed by atoms with Crippen LogP contribution in [0.25, 0.3) is 0 Å². The fraction of sp³-hybridized carbons (Fsp3) is 0.531. The number of hydrogen-bond donors (Lipinski definition) is 5. The Morgan fingerprint density at radius 1 is 0.886 bits per heavy atom. The van der Waals surface area contributed by atoms with Crippen LogP contribution in [0.5, 0.6) is 0 Å². The van der Waals surface area contributed by atoms with Crippen LogP contribution in [0.15, 0.2) is 59.5 Å². The number of nitrogen functional groups attached to an aromatic ring is 1. The molecule has 0 saturated carbocycles. The van der Waals surface area contributed by atoms with Gasteiger partial charge in [-0.2, -0.15) is 4.31 Å². The zero-order valence-corrected chi connectivity index (χ0v) is 27.6. The number of sulfonamides is 1. The molecule has 11 nitrogen and oxygen atoms in total. The number of anilines is 1. The molecule has 44 heavy (non-hydrogen) atoms. The van der Waals surface area contributed by atoms with Crippen molar-refractivity contribution in [2.24, 2.45) is 17.3 Å². The summed E-state index contributed by atoms with van der Waals surface area (Å²) in [6.07, 6.45) is -1.09. The predicted octanol–water partition coefficient (Wildman–Crippen LogP) is 2.31. The van der Waals surface area contributed by atoms with E-state index in [0.29, 0.717) is 5.69 Å². The lowest BCUT2D eigenvalue weighted by molar-refractivity contribution is -0.133. The first-order chi connectivity index (χ1) is 20.4. The van der Waals surface area contributed by atoms with E-state index in [-0.39, 0.29) is 48.7 Å². The lowest BCUT2D eigenvalue weighted by Crippen LogP contribution is -2.59. The topological polar surface area (TPSA) is 171 Å². The van der Waals surface area contributed by atoms with E-state index in [4.69, 9.17) is 5.73 Å². The van der Waals surface area contributed by atoms with Crippen molar-refractivity contribution < 1.29 is 27.9 Å². The smallest absolute Gasteiger partial charge is 0.243 e. The molecule has 12 heteroatoms. The van der Waals surface area contributed by atoms with Gasteiger partial charge < -0.3 is 26.8 Å². The Balaban J connectivity index is 2.35. The molecule has 244 valence electrons. The number of nitrogens with zero attached hydrogens (tertiary/aromatic N) is 1. The zero-order valence-electron chi connectivity index (χ0n) is 26.8. The third-order valence-corrected chi connectivity index (χ3v) is 8.79. The molecule has 0 aliphatic heterocycles. The number of nitrogens with two attached hydrogens (primary N) is 1. The van der Waals surface area contributed by atoms with Crippen LogP contribution in [-0.4, -0.2) is 73.4 Å². The average Bonchev–Trinajstić information content (AvgIpc) is 2.93. The molecule has 0 aromatic heterocycles. The number of benzene rings is 2. The average molecular weight is 632 g/mol. The molecule has 0 fully saturated rings. The number of carbonyl (C=O) groups is 3. The van der Waals surface area contributed by atoms with Crippen LogP contribution in [0.1, 0.15) is 54.0 Å². The van der Waals surface area contributed by atoms with Crippen LogP contribution < -0.4 is 21.7 Å². The number of hydrogen-bond acceptors (Lipinski definition) is 7. The number of nitrogens with one attached hydrogen (secondary N) is 3. The van der Waals surface area contributed by atoms with Gasteiger partial charge in [0.05, 0.1) is 23.6 Å². The van der Waals surface area contributed by atoms with Crippen molar-refractivity contribution >= 4 is 33.4 Å². The lowest BCUT2D eigenvalue weighted by atomic mass is 9.85. The van der Waals surface area contributed by atoms with E-state index < -0.39 is 45.4 Å². The van der Waals surface area contributed by atoms with Crippen molar-refractivity contribution in [3.63, 3.8) is 0 Å². The normalized spacial score (nSPS) is 14.2. The molecule has 6 N–H and O–H groups in total. The van der Waals surface area contributed by atoms with Gasteiger partial charge in [0.25, 0.3) is 0 Å². The summed E-state index contributed by atoms with van der Waals surface area (Å²) in [5, 5.41) is 19.7. The van der Waals surface area contributed by atoms with E-state index in [1.807, 2.05) is 44.2 Å². The molecule has 2 rings (SSSR count). The number of rotatable bonds is 15. The Kier molecular flexibility index (Phi) is 13.4. The van der Waals surface area contributed by atoms with Crippen molar-refractivity contribution in [3.8, 4) is 0 Å². The Hall–Kier alpha value is -3.48. The van der Waals surface area contributed by atoms with Gasteiger partial charge in [-0.3, -0.25) is 14.4 Å². The SMILES string of the molecule is CC(C)CN(CC(O)C(Cc1ccccc1)NC(=O)C(NC(=O)CNC(=O)C(C)C)C(C)(C)C)S(=O)(=O)c1ccc(N)cc1. The molecule has 0 saturated heterocycles. The Labute approximate surface area is 262 Å². The van der Waals surface area contributed by atoms with E-state index in [1.165, 1.54) is 28.6 Å². The van der Waals surface area contributed by atoms with E-state index in [2.05, 4.69) is 16.0 Å². The molecule has 0 radical (unpaired) electrons. The summed E-state index contributed by atoms with van der Waals surface area (Å²) >= 11 is 0. The zero-order chi connectivity index (χ0) is 33.2. The maximum Gasteiger partial charge on any atom is 0.243 e. The molecule has 2 aromatic carbocycles. The van der Waals surface area contributed by atoms with Gasteiger partial charge in [-0.05, 0) is 47.6 Å². The quantitative estimate of drug-likeness (QED) is 0.188. The molecule has 0 spiro atoms. The molecule has 0 aliphatic rings. The molecular weight excluding hydrogens is 582 g/mol. The molecule has 3 atom stereocenters. The summed E-state index contributed by atoms with van der Waals surface area (Å²) in [6.45, 7) is 12.1. The van der Waals surface area contributed by atoms with Gasteiger partial charge in [0.15, 0.2) is 0 Å². The van der Waals surface area contributed by atoms with Crippen LogP contribution in [0.4, 0.5) is 5.69 Å². The maximum absolute atomic E-state index is 13.7. The first-order valence-corrected chi connectivity index (χ1v) is 16.3. The highest BCUT2D eigenvalue weighted by atomic mass is 32.2. The summed E-state index contributed by atoms with van der Waals surface area (Å²) in [4.78, 5) is 38.4. The molecule has 3 unspecified atom stereocenters. The van der Waals surface area contributed by atoms with Gasteiger partial charge in [-0.1, -0.05) is 78.8 Å². The lowest BCUT2D eigenvalue weighted by Gasteiger charge is -2.34. The van der Waals surface area contributed by atoms with Crippen LogP contribution >= 0.6 is 0 Å². The molecule has 0 heterocycles. The van der Waals surface area contributed by atoms with E-state index in [0.717, 1.165) is 5.56 Å². The van der Waals surface area contributed by atoms with Crippen molar-refractivity contribution in [3.05, 3.63) is 60.2 Å². The molecule has 0 aliphatic carbocycles. The fourth-order valence-electron chi connectivity index (χ4n) is 4.48. The first-order valence-electron chi connectivity index (χ1n) is 14.9. The second-order valence-corrected chi connectivity index (χ2v) is 14.8. The Morgan fingerprint density at radius 3 is 2.00 bits per heavy atom. The fourth-order valence-corrected chi connectivity index (χ4v) is 6.10. The minimum Gasteiger partial charge on any atom is -0.399 e. The molecule has 2 aromatic rings. The van der Waals surface area contributed by atoms with Gasteiger partial charge in [-0.25, -0.2) is 8.42 Å². The third-order valence-electron chi connectivity index (χ3n) is 6.95. The molecule has 3 amide bonds. The monoisotopic (exact) mass is 631 g/mol. The van der Waals surface area contributed by atoms with Gasteiger partial charge in [-0.15, -0.1) is 0 Å². The summed E-state index contributed by atoms with van der Waals surface area (Å²) in [5.41, 5.74) is 6.28. The Bertz CT molecular complexity index is 1340. The second-order valence-electron chi connectivity index (χ2n) is 12.9. The van der Waals surface area contributed by atoms with Crippen molar-refractivity contribution in [2.75, 3.05) is 25.4 Å². The van der Waals surface area contributed by atoms with E-state index in [9.17, 15) is 27.9 Å². The third kappa shape index (κ3) is 11.2. The van der Waals surface area contributed by atoms with E-state index in [1.54, 1.807) is 34.6 Å². The number of aliphatic hydroxyl groups excluding tert-OH is 1. The van der Waals surface area contributed by atoms with Gasteiger partial charge in [0.2, 0.25) is 27.7 Å². The van der Waals surface area contributed by atoms with Gasteiger partial charge in [0.1, 0.15) is 6.04 Å². The highest BCUT2D eigenvalue weighted by Gasteiger charge is 2.36. The summed E-state index contributed by atoms with van der Waals surface area (Å²) in [6, 6.07) is 13.2. The summed E-state index contributed by atoms with van der Waals surface area (Å²) < 4.78 is 28.5. The van der Waals surface area contributed by atoms with Crippen molar-refractivity contribution in [1.29, 1.82) is 0 Å². The van der Waals surface area contributed by atoms with Crippen LogP contribution in [-0.2, 0) is 30.8 Å². The van der Waals surface area contributed by atoms with Gasteiger partial charge in [0, 0.05) is 24.7 Å². The van der Waals surface area contributed by atoms with E-state index >= 15 is 0 Å². The number of aliphatic hydroxyl groups is 1. The standard InChI is InChI=1S/C32H49N5O6S/c1-21(2)19-37(44(42,43)25-15-13-24(33)14-16-25)20-27(38)26(17-23-11-9-8-10-12-23)35-31(41)29(32(5,6)7)36-28(39)18-34-30(40)22(3)4/h8-16,21-22,26-27,29,38H,17-20,33H2,1-7H3,(H,34,40)(H,35,41)(H,36,39). The van der Waals surface area contributed by atoms with Crippen LogP contribution in [0.2, 0.25) is 0 Å². The maximum atomic E-state index is 13.7. The van der Waals surface area contributed by atoms with Crippen molar-refractivity contribution in [2.45, 2.75) is 78.0 Å². The number of carbonyl (C=O) groups excluding carboxylic acids is 3. The van der Waals surface area contributed by atoms with Gasteiger partial charge >= 0.3 is 0 Å². The van der Waals surface area contributed by atoms with Crippen LogP contribution in [0, 0.1) is 17.3 Å². The minimum atomic E-state index is -4.00. The molecule has 0 bridgehead atoms. The molecular formula is C32H49N5O6S. The summed E-state index contributed by atoms with van der Waals surface area (Å²) in [5.74, 6) is -1.72. The predicted molar refractivity (Wildman–Crippen MR) is 172 cm³/mol. The van der Waals surface area contributed by atoms with Crippen molar-refractivity contribution in [1.82, 2.24) is 20.3 Å². The second kappa shape index (κ2) is 16.0. The van der Waals surface area contributed by atoms with Crippen LogP contribution in [0.3, 0.4) is 0 Å². The highest BCUT2D eigenvalue weighted by molar-refractivity contribution is 7.89. The number of amides is 3. The minimum absolute atomic E-state index is 0.0447. The first kappa shape index (κ1) is 36.7. The largest absolute Gasteiger partial charge is 0.399 e. The highest BCUT2D eigenvalue weighted by Crippen LogP contribution is 2.22. The Morgan fingerprint density at radius 2 is 1.48 bits per heavy atom. The summed E-state index contributed by atoms with van der Waals surface area (Å²) in [7, 11) is -4.00.